The number of rotatable bonds is 5. The van der Waals surface area contributed by atoms with E-state index in [-0.39, 0.29) is 58.4 Å². The zero-order valence-corrected chi connectivity index (χ0v) is 24.2. The summed E-state index contributed by atoms with van der Waals surface area (Å²) in [5.41, 5.74) is 0. The molecule has 0 bridgehead atoms. The first-order valence-electron chi connectivity index (χ1n) is 4.62. The molecule has 0 aliphatic heterocycles. The van der Waals surface area contributed by atoms with Crippen LogP contribution in [0.3, 0.4) is 0 Å². The van der Waals surface area contributed by atoms with Crippen LogP contribution in [0, 0.1) is 0 Å². The van der Waals surface area contributed by atoms with Crippen LogP contribution in [0.2, 0.25) is 0 Å². The first-order valence-corrected chi connectivity index (χ1v) is 10.0. The van der Waals surface area contributed by atoms with E-state index in [1.165, 1.54) is 24.3 Å². The summed E-state index contributed by atoms with van der Waals surface area (Å²) in [7, 11) is -6.79. The molecule has 0 spiro atoms. The van der Waals surface area contributed by atoms with Crippen molar-refractivity contribution < 1.29 is 96.9 Å². The van der Waals surface area contributed by atoms with E-state index in [0.717, 1.165) is 0 Å². The molecule has 0 saturated carbocycles. The molecule has 114 valence electrons. The SMILES string of the molecule is CCCSSCCC.O=P([O-])([O-])[O-].O=P([O-])([O-])[O-].[Zn+2].[Zn+2].[Zn+2]. The normalized spacial score (nSPS) is 9.33. The fraction of sp³-hybridized carbons (Fsp3) is 1.00. The summed E-state index contributed by atoms with van der Waals surface area (Å²) in [4.78, 5) is 51.3. The third kappa shape index (κ3) is 162. The van der Waals surface area contributed by atoms with E-state index in [2.05, 4.69) is 13.8 Å². The van der Waals surface area contributed by atoms with Crippen molar-refractivity contribution in [3.8, 4) is 0 Å². The van der Waals surface area contributed by atoms with E-state index >= 15 is 0 Å². The Bertz CT molecular complexity index is 222. The van der Waals surface area contributed by atoms with Gasteiger partial charge in [-0.3, -0.25) is 0 Å². The third-order valence-electron chi connectivity index (χ3n) is 0.658. The predicted octanol–water partition coefficient (Wildman–Crippen LogP) is -2.47. The largest absolute Gasteiger partial charge is 2.00 e. The molecule has 0 rings (SSSR count). The zero-order valence-electron chi connectivity index (χ0n) is 11.9. The molecule has 0 fully saturated rings. The van der Waals surface area contributed by atoms with Gasteiger partial charge in [-0.25, -0.2) is 0 Å². The Morgan fingerprint density at radius 1 is 0.667 bits per heavy atom. The second-order valence-corrected chi connectivity index (χ2v) is 7.03. The summed E-state index contributed by atoms with van der Waals surface area (Å²) >= 11 is 0. The average Bonchev–Trinajstić information content (AvgIpc) is 2.07. The van der Waals surface area contributed by atoms with Crippen molar-refractivity contribution in [2.24, 2.45) is 0 Å². The van der Waals surface area contributed by atoms with E-state index in [4.69, 9.17) is 38.5 Å². The van der Waals surface area contributed by atoms with E-state index < -0.39 is 15.6 Å². The summed E-state index contributed by atoms with van der Waals surface area (Å²) in [6, 6.07) is 0. The molecule has 0 N–H and O–H groups in total. The molecular formula is C6H14O8P2S2Zn3. The molecule has 0 radical (unpaired) electrons. The molecule has 0 aliphatic rings. The molecule has 0 unspecified atom stereocenters. The number of hydrogen-bond acceptors (Lipinski definition) is 10. The minimum absolute atomic E-state index is 0. The van der Waals surface area contributed by atoms with Crippen molar-refractivity contribution in [2.45, 2.75) is 26.7 Å². The van der Waals surface area contributed by atoms with E-state index in [1.54, 1.807) is 0 Å². The van der Waals surface area contributed by atoms with Crippen molar-refractivity contribution in [3.05, 3.63) is 0 Å². The number of hydrogen-bond donors (Lipinski definition) is 0. The van der Waals surface area contributed by atoms with Gasteiger partial charge in [0.1, 0.15) is 0 Å². The fourth-order valence-corrected chi connectivity index (χ4v) is 2.56. The van der Waals surface area contributed by atoms with Gasteiger partial charge in [-0.2, -0.15) is 15.6 Å². The molecule has 15 heteroatoms. The molecule has 21 heavy (non-hydrogen) atoms. The molecule has 0 aliphatic carbocycles. The summed E-state index contributed by atoms with van der Waals surface area (Å²) in [5.74, 6) is 2.62. The van der Waals surface area contributed by atoms with Crippen LogP contribution in [0.15, 0.2) is 0 Å². The van der Waals surface area contributed by atoms with Gasteiger partial charge >= 0.3 is 58.4 Å². The van der Waals surface area contributed by atoms with Gasteiger partial charge in [0, 0.05) is 11.5 Å². The maximum absolute atomic E-state index is 8.55. The summed E-state index contributed by atoms with van der Waals surface area (Å²) in [6.07, 6.45) is 2.61. The molecule has 0 aromatic carbocycles. The summed E-state index contributed by atoms with van der Waals surface area (Å²) in [5, 5.41) is 0. The quantitative estimate of drug-likeness (QED) is 0.159. The molecule has 0 aromatic heterocycles. The molecule has 0 amide bonds. The van der Waals surface area contributed by atoms with Crippen LogP contribution in [-0.4, -0.2) is 11.5 Å². The molecular weight excluding hydrogens is 522 g/mol. The van der Waals surface area contributed by atoms with E-state index in [0.29, 0.717) is 0 Å². The molecule has 0 atom stereocenters. The molecule has 0 saturated heterocycles. The zero-order chi connectivity index (χ0) is 15.2. The minimum atomic E-state index is -5.39. The van der Waals surface area contributed by atoms with E-state index in [9.17, 15) is 0 Å². The molecule has 0 aromatic rings. The maximum Gasteiger partial charge on any atom is 2.00 e. The second-order valence-electron chi connectivity index (χ2n) is 2.54. The van der Waals surface area contributed by atoms with Gasteiger partial charge in [0.25, 0.3) is 0 Å². The van der Waals surface area contributed by atoms with Crippen LogP contribution < -0.4 is 29.4 Å². The molecule has 0 heterocycles. The Morgan fingerprint density at radius 3 is 0.905 bits per heavy atom. The topological polar surface area (TPSA) is 172 Å². The van der Waals surface area contributed by atoms with Gasteiger partial charge in [-0.15, -0.1) is 0 Å². The Hall–Kier alpha value is 2.79. The van der Waals surface area contributed by atoms with Crippen LogP contribution in [0.5, 0.6) is 0 Å². The standard InChI is InChI=1S/C6H14S2.2H3O4P.3Zn/c1-3-5-7-8-6-4-2;2*1-5(2,3)4;;;/h3-6H2,1-2H3;2*(H3,1,2,3,4);;;/q;;;3*+2/p-6. The predicted molar refractivity (Wildman–Crippen MR) is 60.7 cm³/mol. The molecule has 8 nitrogen and oxygen atoms in total. The van der Waals surface area contributed by atoms with Gasteiger partial charge in [0.15, 0.2) is 0 Å². The second kappa shape index (κ2) is 25.0. The van der Waals surface area contributed by atoms with Gasteiger partial charge in [0.05, 0.1) is 0 Å². The Labute approximate surface area is 171 Å². The van der Waals surface area contributed by atoms with Crippen LogP contribution in [0.4, 0.5) is 0 Å². The van der Waals surface area contributed by atoms with Crippen molar-refractivity contribution in [1.82, 2.24) is 0 Å². The van der Waals surface area contributed by atoms with Crippen molar-refractivity contribution >= 4 is 37.2 Å². The van der Waals surface area contributed by atoms with Crippen LogP contribution in [-0.2, 0) is 67.6 Å². The van der Waals surface area contributed by atoms with E-state index in [1.807, 2.05) is 21.6 Å². The van der Waals surface area contributed by atoms with Crippen LogP contribution >= 0.6 is 37.2 Å². The summed E-state index contributed by atoms with van der Waals surface area (Å²) in [6.45, 7) is 4.44. The van der Waals surface area contributed by atoms with Crippen molar-refractivity contribution in [3.63, 3.8) is 0 Å². The summed E-state index contributed by atoms with van der Waals surface area (Å²) < 4.78 is 17.1. The Balaban J connectivity index is -0.0000000389. The maximum atomic E-state index is 8.55. The fourth-order valence-electron chi connectivity index (χ4n) is 0.285. The number of phosphoric acid groups is 2. The monoisotopic (exact) mass is 532 g/mol. The minimum Gasteiger partial charge on any atom is -0.822 e. The van der Waals surface area contributed by atoms with Gasteiger partial charge in [0.2, 0.25) is 0 Å². The van der Waals surface area contributed by atoms with Gasteiger partial charge in [-0.1, -0.05) is 35.4 Å². The van der Waals surface area contributed by atoms with Gasteiger partial charge < -0.3 is 38.5 Å². The third-order valence-corrected chi connectivity index (χ3v) is 3.47. The van der Waals surface area contributed by atoms with Crippen molar-refractivity contribution in [2.75, 3.05) is 11.5 Å². The van der Waals surface area contributed by atoms with Crippen molar-refractivity contribution in [1.29, 1.82) is 0 Å². The Kier molecular flexibility index (Phi) is 46.5. The smallest absolute Gasteiger partial charge is 0.822 e. The van der Waals surface area contributed by atoms with Crippen LogP contribution in [0.25, 0.3) is 0 Å². The Morgan fingerprint density at radius 2 is 0.810 bits per heavy atom. The first kappa shape index (κ1) is 39.0. The van der Waals surface area contributed by atoms with Gasteiger partial charge in [-0.05, 0) is 12.8 Å². The van der Waals surface area contributed by atoms with Crippen LogP contribution in [0.1, 0.15) is 26.7 Å². The first-order chi connectivity index (χ1) is 7.91. The average molecular weight is 536 g/mol.